The number of hydrogen-bond donors (Lipinski definition) is 1. The summed E-state index contributed by atoms with van der Waals surface area (Å²) in [4.78, 5) is 22.5. The van der Waals surface area contributed by atoms with E-state index in [1.807, 2.05) is 0 Å². The number of ketones is 2. The van der Waals surface area contributed by atoms with Crippen molar-refractivity contribution in [2.45, 2.75) is 6.92 Å². The van der Waals surface area contributed by atoms with Gasteiger partial charge in [-0.25, -0.2) is 0 Å². The van der Waals surface area contributed by atoms with Crippen LogP contribution in [0.3, 0.4) is 0 Å². The fourth-order valence-corrected chi connectivity index (χ4v) is 1.72. The zero-order chi connectivity index (χ0) is 14.5. The van der Waals surface area contributed by atoms with Crippen molar-refractivity contribution >= 4 is 11.6 Å². The van der Waals surface area contributed by atoms with Crippen LogP contribution in [0.5, 0.6) is 11.5 Å². The third-order valence-corrected chi connectivity index (χ3v) is 2.86. The minimum Gasteiger partial charge on any atom is -0.457 e. The molecule has 0 atom stereocenters. The summed E-state index contributed by atoms with van der Waals surface area (Å²) in [5.41, 5.74) is 6.50. The second-order valence-electron chi connectivity index (χ2n) is 4.33. The van der Waals surface area contributed by atoms with Crippen molar-refractivity contribution in [1.29, 1.82) is 0 Å². The van der Waals surface area contributed by atoms with Gasteiger partial charge >= 0.3 is 0 Å². The van der Waals surface area contributed by atoms with Crippen molar-refractivity contribution < 1.29 is 14.3 Å². The predicted octanol–water partition coefficient (Wildman–Crippen LogP) is 2.82. The highest BCUT2D eigenvalue weighted by atomic mass is 16.5. The van der Waals surface area contributed by atoms with E-state index in [9.17, 15) is 9.59 Å². The molecule has 4 nitrogen and oxygen atoms in total. The van der Waals surface area contributed by atoms with Gasteiger partial charge in [0.05, 0.1) is 6.54 Å². The molecule has 0 heterocycles. The molecule has 2 aromatic carbocycles. The van der Waals surface area contributed by atoms with E-state index in [2.05, 4.69) is 0 Å². The molecule has 4 heteroatoms. The second-order valence-corrected chi connectivity index (χ2v) is 4.33. The van der Waals surface area contributed by atoms with E-state index >= 15 is 0 Å². The monoisotopic (exact) mass is 269 g/mol. The maximum absolute atomic E-state index is 11.4. The zero-order valence-corrected chi connectivity index (χ0v) is 11.1. The van der Waals surface area contributed by atoms with Gasteiger partial charge in [-0.2, -0.15) is 0 Å². The highest BCUT2D eigenvalue weighted by Gasteiger charge is 2.04. The van der Waals surface area contributed by atoms with E-state index in [0.29, 0.717) is 22.6 Å². The summed E-state index contributed by atoms with van der Waals surface area (Å²) in [5, 5.41) is 0. The Morgan fingerprint density at radius 1 is 0.900 bits per heavy atom. The molecule has 0 saturated carbocycles. The normalized spacial score (nSPS) is 10.1. The molecule has 0 aliphatic carbocycles. The molecular formula is C16H15NO3. The Morgan fingerprint density at radius 2 is 1.35 bits per heavy atom. The molecule has 0 unspecified atom stereocenters. The third-order valence-electron chi connectivity index (χ3n) is 2.86. The molecule has 0 radical (unpaired) electrons. The van der Waals surface area contributed by atoms with Gasteiger partial charge in [0.15, 0.2) is 11.6 Å². The number of Topliss-reactive ketones (excluding diaryl/α,β-unsaturated/α-hetero) is 2. The van der Waals surface area contributed by atoms with Gasteiger partial charge in [0.2, 0.25) is 0 Å². The van der Waals surface area contributed by atoms with Crippen molar-refractivity contribution in [2.75, 3.05) is 6.54 Å². The van der Waals surface area contributed by atoms with Gasteiger partial charge in [0, 0.05) is 11.1 Å². The summed E-state index contributed by atoms with van der Waals surface area (Å²) in [5.74, 6) is 1.16. The van der Waals surface area contributed by atoms with E-state index in [4.69, 9.17) is 10.5 Å². The Morgan fingerprint density at radius 3 is 1.75 bits per heavy atom. The van der Waals surface area contributed by atoms with Gasteiger partial charge in [-0.15, -0.1) is 0 Å². The second kappa shape index (κ2) is 6.12. The fraction of sp³-hybridized carbons (Fsp3) is 0.125. The highest BCUT2D eigenvalue weighted by Crippen LogP contribution is 2.22. The minimum atomic E-state index is -0.109. The van der Waals surface area contributed by atoms with E-state index in [1.165, 1.54) is 6.92 Å². The van der Waals surface area contributed by atoms with Gasteiger partial charge in [-0.3, -0.25) is 9.59 Å². The molecule has 0 amide bonds. The number of carbonyl (C=O) groups excluding carboxylic acids is 2. The van der Waals surface area contributed by atoms with Crippen LogP contribution in [-0.2, 0) is 0 Å². The third kappa shape index (κ3) is 3.30. The van der Waals surface area contributed by atoms with Gasteiger partial charge in [0.1, 0.15) is 11.5 Å². The molecule has 0 aliphatic rings. The largest absolute Gasteiger partial charge is 0.457 e. The average molecular weight is 269 g/mol. The van der Waals surface area contributed by atoms with Crippen molar-refractivity contribution in [3.63, 3.8) is 0 Å². The number of nitrogens with two attached hydrogens (primary N) is 1. The molecular weight excluding hydrogens is 254 g/mol. The Bertz CT molecular complexity index is 615. The SMILES string of the molecule is CC(=O)c1ccc(Oc2ccc(C(=O)CN)cc2)cc1. The first-order valence-corrected chi connectivity index (χ1v) is 6.22. The van der Waals surface area contributed by atoms with E-state index in [-0.39, 0.29) is 18.1 Å². The average Bonchev–Trinajstić information content (AvgIpc) is 2.48. The van der Waals surface area contributed by atoms with Crippen molar-refractivity contribution in [1.82, 2.24) is 0 Å². The number of benzene rings is 2. The predicted molar refractivity (Wildman–Crippen MR) is 76.3 cm³/mol. The number of rotatable bonds is 5. The van der Waals surface area contributed by atoms with Crippen LogP contribution in [0.1, 0.15) is 27.6 Å². The fourth-order valence-electron chi connectivity index (χ4n) is 1.72. The summed E-state index contributed by atoms with van der Waals surface area (Å²) in [6.45, 7) is 1.51. The topological polar surface area (TPSA) is 69.4 Å². The van der Waals surface area contributed by atoms with Crippen LogP contribution >= 0.6 is 0 Å². The Balaban J connectivity index is 2.10. The molecule has 2 N–H and O–H groups in total. The van der Waals surface area contributed by atoms with Crippen LogP contribution in [0.2, 0.25) is 0 Å². The quantitative estimate of drug-likeness (QED) is 0.847. The molecule has 102 valence electrons. The molecule has 20 heavy (non-hydrogen) atoms. The summed E-state index contributed by atoms with van der Waals surface area (Å²) < 4.78 is 5.63. The first-order valence-electron chi connectivity index (χ1n) is 6.22. The molecule has 0 aromatic heterocycles. The van der Waals surface area contributed by atoms with Crippen LogP contribution in [0.4, 0.5) is 0 Å². The van der Waals surface area contributed by atoms with Crippen molar-refractivity contribution in [2.24, 2.45) is 5.73 Å². The summed E-state index contributed by atoms with van der Waals surface area (Å²) in [6.07, 6.45) is 0. The molecule has 0 bridgehead atoms. The standard InChI is InChI=1S/C16H15NO3/c1-11(18)12-2-6-14(7-3-12)20-15-8-4-13(5-9-15)16(19)10-17/h2-9H,10,17H2,1H3. The first kappa shape index (κ1) is 14.0. The zero-order valence-electron chi connectivity index (χ0n) is 11.1. The van der Waals surface area contributed by atoms with Crippen molar-refractivity contribution in [3.8, 4) is 11.5 Å². The Hall–Kier alpha value is -2.46. The van der Waals surface area contributed by atoms with Crippen LogP contribution in [-0.4, -0.2) is 18.1 Å². The maximum Gasteiger partial charge on any atom is 0.176 e. The summed E-state index contributed by atoms with van der Waals surface area (Å²) >= 11 is 0. The van der Waals surface area contributed by atoms with Gasteiger partial charge in [-0.1, -0.05) is 0 Å². The molecule has 2 rings (SSSR count). The Labute approximate surface area is 117 Å². The number of carbonyl (C=O) groups is 2. The lowest BCUT2D eigenvalue weighted by Gasteiger charge is -2.06. The van der Waals surface area contributed by atoms with E-state index in [1.54, 1.807) is 48.5 Å². The van der Waals surface area contributed by atoms with Gasteiger partial charge in [-0.05, 0) is 55.5 Å². The lowest BCUT2D eigenvalue weighted by Crippen LogP contribution is -2.13. The molecule has 0 fully saturated rings. The van der Waals surface area contributed by atoms with Crippen LogP contribution in [0, 0.1) is 0 Å². The van der Waals surface area contributed by atoms with Crippen LogP contribution in [0.15, 0.2) is 48.5 Å². The Kier molecular flexibility index (Phi) is 4.27. The van der Waals surface area contributed by atoms with Gasteiger partial charge < -0.3 is 10.5 Å². The first-order chi connectivity index (χ1) is 9.60. The van der Waals surface area contributed by atoms with Crippen molar-refractivity contribution in [3.05, 3.63) is 59.7 Å². The van der Waals surface area contributed by atoms with Gasteiger partial charge in [0.25, 0.3) is 0 Å². The van der Waals surface area contributed by atoms with E-state index in [0.717, 1.165) is 0 Å². The lowest BCUT2D eigenvalue weighted by molar-refractivity contribution is 0.0997. The highest BCUT2D eigenvalue weighted by molar-refractivity contribution is 5.97. The van der Waals surface area contributed by atoms with Crippen LogP contribution in [0.25, 0.3) is 0 Å². The smallest absolute Gasteiger partial charge is 0.176 e. The minimum absolute atomic E-state index is 0.00723. The summed E-state index contributed by atoms with van der Waals surface area (Å²) in [6, 6.07) is 13.7. The summed E-state index contributed by atoms with van der Waals surface area (Å²) in [7, 11) is 0. The lowest BCUT2D eigenvalue weighted by atomic mass is 10.1. The number of hydrogen-bond acceptors (Lipinski definition) is 4. The molecule has 0 saturated heterocycles. The molecule has 2 aromatic rings. The number of ether oxygens (including phenoxy) is 1. The maximum atomic E-state index is 11.4. The van der Waals surface area contributed by atoms with Crippen LogP contribution < -0.4 is 10.5 Å². The van der Waals surface area contributed by atoms with E-state index < -0.39 is 0 Å². The molecule has 0 aliphatic heterocycles. The molecule has 0 spiro atoms.